The molecule has 0 radical (unpaired) electrons. The fraction of sp³-hybridized carbons (Fsp3) is 0.462. The summed E-state index contributed by atoms with van der Waals surface area (Å²) < 4.78 is 1.00. The molecule has 4 heteroatoms. The number of alkyl halides is 1. The quantitative estimate of drug-likeness (QED) is 0.816. The summed E-state index contributed by atoms with van der Waals surface area (Å²) in [5, 5.41) is 3.99. The van der Waals surface area contributed by atoms with Crippen LogP contribution in [-0.2, 0) is 0 Å². The van der Waals surface area contributed by atoms with Gasteiger partial charge in [0.2, 0.25) is 0 Å². The number of rotatable bonds is 3. The van der Waals surface area contributed by atoms with Crippen LogP contribution in [0.5, 0.6) is 0 Å². The van der Waals surface area contributed by atoms with Crippen molar-refractivity contribution < 1.29 is 4.79 Å². The van der Waals surface area contributed by atoms with Crippen LogP contribution in [0.25, 0.3) is 0 Å². The number of hydrogen-bond donors (Lipinski definition) is 1. The molecule has 0 bridgehead atoms. The second-order valence-electron chi connectivity index (χ2n) is 4.68. The number of amides is 1. The molecule has 2 nitrogen and oxygen atoms in total. The largest absolute Gasteiger partial charge is 0.346 e. The second kappa shape index (κ2) is 5.11. The van der Waals surface area contributed by atoms with Gasteiger partial charge in [0.15, 0.2) is 0 Å². The zero-order valence-corrected chi connectivity index (χ0v) is 12.9. The lowest BCUT2D eigenvalue weighted by molar-refractivity contribution is 0.0856. The van der Waals surface area contributed by atoms with E-state index in [1.54, 1.807) is 0 Å². The number of halogens is 2. The molecule has 17 heavy (non-hydrogen) atoms. The molecule has 0 spiro atoms. The molecule has 0 heterocycles. The Balaban J connectivity index is 2.14. The van der Waals surface area contributed by atoms with Crippen molar-refractivity contribution in [1.29, 1.82) is 0 Å². The van der Waals surface area contributed by atoms with Crippen LogP contribution in [0, 0.1) is 6.92 Å². The smallest absolute Gasteiger partial charge is 0.252 e. The highest BCUT2D eigenvalue weighted by Gasteiger charge is 2.37. The van der Waals surface area contributed by atoms with E-state index in [2.05, 4.69) is 37.2 Å². The summed E-state index contributed by atoms with van der Waals surface area (Å²) in [5.41, 5.74) is 1.75. The van der Waals surface area contributed by atoms with Crippen LogP contribution in [0.3, 0.4) is 0 Å². The van der Waals surface area contributed by atoms with Crippen LogP contribution in [0.2, 0.25) is 0 Å². The molecule has 1 aromatic carbocycles. The Hall–Kier alpha value is -0.350. The highest BCUT2D eigenvalue weighted by atomic mass is 79.9. The number of nitrogens with one attached hydrogen (secondary N) is 1. The minimum absolute atomic E-state index is 0.0173. The molecule has 0 saturated heterocycles. The lowest BCUT2D eigenvalue weighted by atomic mass is 9.78. The molecular weight excluding hydrogens is 346 g/mol. The van der Waals surface area contributed by atoms with Gasteiger partial charge in [-0.1, -0.05) is 31.9 Å². The van der Waals surface area contributed by atoms with Crippen molar-refractivity contribution in [2.75, 3.05) is 5.33 Å². The molecule has 1 fully saturated rings. The highest BCUT2D eigenvalue weighted by Crippen LogP contribution is 2.33. The van der Waals surface area contributed by atoms with Crippen LogP contribution in [0.15, 0.2) is 22.7 Å². The van der Waals surface area contributed by atoms with E-state index in [-0.39, 0.29) is 11.4 Å². The fourth-order valence-electron chi connectivity index (χ4n) is 2.09. The average Bonchev–Trinajstić information content (AvgIpc) is 2.23. The molecule has 0 aliphatic heterocycles. The van der Waals surface area contributed by atoms with Gasteiger partial charge in [-0.3, -0.25) is 4.79 Å². The number of aryl methyl sites for hydroxylation is 1. The van der Waals surface area contributed by atoms with E-state index in [9.17, 15) is 4.79 Å². The Bertz CT molecular complexity index is 436. The molecule has 92 valence electrons. The van der Waals surface area contributed by atoms with Crippen molar-refractivity contribution in [3.05, 3.63) is 33.8 Å². The van der Waals surface area contributed by atoms with Crippen LogP contribution in [0.4, 0.5) is 0 Å². The molecule has 0 unspecified atom stereocenters. The maximum Gasteiger partial charge on any atom is 0.252 e. The lowest BCUT2D eigenvalue weighted by Gasteiger charge is -2.41. The first-order valence-corrected chi connectivity index (χ1v) is 7.62. The summed E-state index contributed by atoms with van der Waals surface area (Å²) in [4.78, 5) is 12.2. The van der Waals surface area contributed by atoms with Crippen LogP contribution >= 0.6 is 31.9 Å². The molecule has 2 rings (SSSR count). The third-order valence-electron chi connectivity index (χ3n) is 3.38. The molecule has 1 N–H and O–H groups in total. The fourth-order valence-corrected chi connectivity index (χ4v) is 3.26. The molecule has 0 aromatic heterocycles. The van der Waals surface area contributed by atoms with Crippen molar-refractivity contribution in [3.8, 4) is 0 Å². The maximum absolute atomic E-state index is 12.2. The first kappa shape index (κ1) is 13.1. The normalized spacial score (nSPS) is 17.4. The van der Waals surface area contributed by atoms with E-state index in [0.29, 0.717) is 0 Å². The minimum atomic E-state index is -0.0173. The van der Waals surface area contributed by atoms with Gasteiger partial charge in [0.1, 0.15) is 0 Å². The van der Waals surface area contributed by atoms with Crippen molar-refractivity contribution in [1.82, 2.24) is 5.32 Å². The number of benzene rings is 1. The van der Waals surface area contributed by atoms with E-state index in [1.165, 1.54) is 6.42 Å². The summed E-state index contributed by atoms with van der Waals surface area (Å²) in [5.74, 6) is 0.0363. The Morgan fingerprint density at radius 2 is 2.18 bits per heavy atom. The van der Waals surface area contributed by atoms with Gasteiger partial charge in [0, 0.05) is 15.4 Å². The Morgan fingerprint density at radius 3 is 2.65 bits per heavy atom. The zero-order chi connectivity index (χ0) is 12.5. The SMILES string of the molecule is Cc1cc(Br)ccc1C(=O)NC1(CBr)CCC1. The van der Waals surface area contributed by atoms with Crippen LogP contribution in [0.1, 0.15) is 35.2 Å². The Morgan fingerprint density at radius 1 is 1.47 bits per heavy atom. The van der Waals surface area contributed by atoms with Gasteiger partial charge in [-0.25, -0.2) is 0 Å². The van der Waals surface area contributed by atoms with E-state index >= 15 is 0 Å². The van der Waals surface area contributed by atoms with Gasteiger partial charge in [-0.05, 0) is 49.9 Å². The third kappa shape index (κ3) is 2.74. The zero-order valence-electron chi connectivity index (χ0n) is 9.72. The minimum Gasteiger partial charge on any atom is -0.346 e. The summed E-state index contributed by atoms with van der Waals surface area (Å²) in [6, 6.07) is 5.75. The van der Waals surface area contributed by atoms with Crippen LogP contribution < -0.4 is 5.32 Å². The lowest BCUT2D eigenvalue weighted by Crippen LogP contribution is -2.54. The van der Waals surface area contributed by atoms with Gasteiger partial charge in [-0.2, -0.15) is 0 Å². The first-order valence-electron chi connectivity index (χ1n) is 5.71. The first-order chi connectivity index (χ1) is 8.06. The molecule has 1 aliphatic rings. The van der Waals surface area contributed by atoms with E-state index < -0.39 is 0 Å². The predicted octanol–water partition coefficient (Wildman–Crippen LogP) is 3.80. The molecule has 1 aliphatic carbocycles. The van der Waals surface area contributed by atoms with Crippen molar-refractivity contribution in [3.63, 3.8) is 0 Å². The number of carbonyl (C=O) groups is 1. The molecule has 0 atom stereocenters. The summed E-state index contributed by atoms with van der Waals surface area (Å²) in [6.07, 6.45) is 3.34. The molecule has 1 aromatic rings. The second-order valence-corrected chi connectivity index (χ2v) is 6.16. The maximum atomic E-state index is 12.2. The van der Waals surface area contributed by atoms with Gasteiger partial charge < -0.3 is 5.32 Å². The van der Waals surface area contributed by atoms with Gasteiger partial charge >= 0.3 is 0 Å². The predicted molar refractivity (Wildman–Crippen MR) is 76.7 cm³/mol. The Labute approximate surface area is 118 Å². The van der Waals surface area contributed by atoms with Crippen molar-refractivity contribution >= 4 is 37.8 Å². The molecule has 1 saturated carbocycles. The number of hydrogen-bond acceptors (Lipinski definition) is 1. The van der Waals surface area contributed by atoms with E-state index in [4.69, 9.17) is 0 Å². The standard InChI is InChI=1S/C13H15Br2NO/c1-9-7-10(15)3-4-11(9)12(17)16-13(8-14)5-2-6-13/h3-4,7H,2,5-6,8H2,1H3,(H,16,17). The van der Waals surface area contributed by atoms with Crippen LogP contribution in [-0.4, -0.2) is 16.8 Å². The summed E-state index contributed by atoms with van der Waals surface area (Å²) >= 11 is 6.90. The van der Waals surface area contributed by atoms with E-state index in [0.717, 1.165) is 33.8 Å². The summed E-state index contributed by atoms with van der Waals surface area (Å²) in [7, 11) is 0. The Kier molecular flexibility index (Phi) is 3.93. The average molecular weight is 361 g/mol. The molecular formula is C13H15Br2NO. The molecule has 1 amide bonds. The van der Waals surface area contributed by atoms with Gasteiger partial charge in [0.25, 0.3) is 5.91 Å². The third-order valence-corrected chi connectivity index (χ3v) is 4.94. The monoisotopic (exact) mass is 359 g/mol. The van der Waals surface area contributed by atoms with Crippen molar-refractivity contribution in [2.24, 2.45) is 0 Å². The van der Waals surface area contributed by atoms with Gasteiger partial charge in [0.05, 0.1) is 5.54 Å². The van der Waals surface area contributed by atoms with Crippen molar-refractivity contribution in [2.45, 2.75) is 31.7 Å². The summed E-state index contributed by atoms with van der Waals surface area (Å²) in [6.45, 7) is 1.96. The number of carbonyl (C=O) groups excluding carboxylic acids is 1. The topological polar surface area (TPSA) is 29.1 Å². The highest BCUT2D eigenvalue weighted by molar-refractivity contribution is 9.10. The van der Waals surface area contributed by atoms with Gasteiger partial charge in [-0.15, -0.1) is 0 Å². The van der Waals surface area contributed by atoms with E-state index in [1.807, 2.05) is 25.1 Å².